The van der Waals surface area contributed by atoms with Gasteiger partial charge in [-0.2, -0.15) is 0 Å². The highest BCUT2D eigenvalue weighted by molar-refractivity contribution is 7.12. The maximum absolute atomic E-state index is 14.1. The van der Waals surface area contributed by atoms with E-state index in [1.165, 1.54) is 25.4 Å². The summed E-state index contributed by atoms with van der Waals surface area (Å²) in [5.74, 6) is -2.26. The highest BCUT2D eigenvalue weighted by Crippen LogP contribution is 2.33. The van der Waals surface area contributed by atoms with Gasteiger partial charge in [-0.25, -0.2) is 4.98 Å². The van der Waals surface area contributed by atoms with Crippen molar-refractivity contribution in [1.82, 2.24) is 20.5 Å². The van der Waals surface area contributed by atoms with Gasteiger partial charge in [0.2, 0.25) is 5.91 Å². The minimum Gasteiger partial charge on any atom is -0.469 e. The molecule has 2 aromatic rings. The first-order valence-electron chi connectivity index (χ1n) is 18.2. The number of ketones is 1. The number of aromatic nitrogens is 1. The van der Waals surface area contributed by atoms with E-state index >= 15 is 0 Å². The number of Topliss-reactive ketones (excluding diaryl/α,β-unsaturated/α-hetero) is 1. The molecule has 1 fully saturated rings. The molecule has 0 bridgehead atoms. The molecular weight excluding hydrogens is 669 g/mol. The van der Waals surface area contributed by atoms with E-state index < -0.39 is 23.9 Å². The molecule has 12 heteroatoms. The zero-order chi connectivity index (χ0) is 37.8. The van der Waals surface area contributed by atoms with Crippen LogP contribution in [0.3, 0.4) is 0 Å². The third-order valence-corrected chi connectivity index (χ3v) is 10.9. The average molecular weight is 727 g/mol. The number of esters is 2. The molecular formula is C39H58N4O7S. The van der Waals surface area contributed by atoms with Crippen LogP contribution in [0, 0.1) is 30.6 Å². The zero-order valence-electron chi connectivity index (χ0n) is 31.8. The van der Waals surface area contributed by atoms with Crippen LogP contribution in [-0.2, 0) is 35.1 Å². The Morgan fingerprint density at radius 2 is 1.71 bits per heavy atom. The Bertz CT molecular complexity index is 1470. The van der Waals surface area contributed by atoms with Crippen molar-refractivity contribution in [1.29, 1.82) is 0 Å². The quantitative estimate of drug-likeness (QED) is 0.181. The number of hydrogen-bond acceptors (Lipinski definition) is 10. The van der Waals surface area contributed by atoms with E-state index in [9.17, 15) is 24.0 Å². The Morgan fingerprint density at radius 1 is 1.02 bits per heavy atom. The van der Waals surface area contributed by atoms with Gasteiger partial charge in [0, 0.05) is 49.7 Å². The molecule has 2 amide bonds. The number of ether oxygens (including phenoxy) is 2. The van der Waals surface area contributed by atoms with E-state index in [1.807, 2.05) is 58.0 Å². The van der Waals surface area contributed by atoms with Gasteiger partial charge in [-0.1, -0.05) is 71.4 Å². The van der Waals surface area contributed by atoms with Crippen molar-refractivity contribution in [2.24, 2.45) is 23.7 Å². The summed E-state index contributed by atoms with van der Waals surface area (Å²) in [5, 5.41) is 6.85. The van der Waals surface area contributed by atoms with Gasteiger partial charge in [0.1, 0.15) is 10.7 Å². The van der Waals surface area contributed by atoms with Crippen LogP contribution in [0.1, 0.15) is 112 Å². The third kappa shape index (κ3) is 12.2. The summed E-state index contributed by atoms with van der Waals surface area (Å²) in [6.07, 6.45) is 3.36. The van der Waals surface area contributed by atoms with Gasteiger partial charge < -0.3 is 25.0 Å². The number of amides is 2. The predicted octanol–water partition coefficient (Wildman–Crippen LogP) is 5.84. The van der Waals surface area contributed by atoms with Crippen LogP contribution >= 0.6 is 11.3 Å². The molecule has 1 aliphatic heterocycles. The van der Waals surface area contributed by atoms with E-state index in [-0.39, 0.29) is 72.1 Å². The molecule has 6 atom stereocenters. The third-order valence-electron chi connectivity index (χ3n) is 9.83. The number of aryl methyl sites for hydroxylation is 1. The predicted molar refractivity (Wildman–Crippen MR) is 198 cm³/mol. The van der Waals surface area contributed by atoms with Crippen molar-refractivity contribution in [3.63, 3.8) is 0 Å². The fourth-order valence-corrected chi connectivity index (χ4v) is 7.81. The van der Waals surface area contributed by atoms with Gasteiger partial charge in [0.15, 0.2) is 11.9 Å². The number of hydrogen-bond donors (Lipinski definition) is 2. The molecule has 0 spiro atoms. The second kappa shape index (κ2) is 19.8. The van der Waals surface area contributed by atoms with E-state index in [0.29, 0.717) is 22.7 Å². The van der Waals surface area contributed by atoms with Crippen LogP contribution in [0.4, 0.5) is 0 Å². The first-order valence-corrected chi connectivity index (χ1v) is 19.0. The number of nitrogens with one attached hydrogen (secondary N) is 2. The smallest absolute Gasteiger partial charge is 0.308 e. The van der Waals surface area contributed by atoms with Crippen molar-refractivity contribution >= 4 is 40.9 Å². The monoisotopic (exact) mass is 726 g/mol. The summed E-state index contributed by atoms with van der Waals surface area (Å²) in [4.78, 5) is 72.7. The van der Waals surface area contributed by atoms with Gasteiger partial charge in [0.25, 0.3) is 5.91 Å². The SMILES string of the molecule is COC(=O)[C@@H](C)C[C@H](Cc1ccccc1)NC(=O)c1nc([C@@H](C[C@H](C(C)C)N(C)C(=O)[C@@H](CC(=O)[C@H]2CCCCN2)C(C)C)OC(C)=O)sc1C. The second-order valence-corrected chi connectivity index (χ2v) is 15.8. The number of carbonyl (C=O) groups is 5. The lowest BCUT2D eigenvalue weighted by atomic mass is 9.85. The van der Waals surface area contributed by atoms with Crippen LogP contribution in [0.2, 0.25) is 0 Å². The Kier molecular flexibility index (Phi) is 16.2. The topological polar surface area (TPSA) is 144 Å². The molecule has 11 nitrogen and oxygen atoms in total. The Morgan fingerprint density at radius 3 is 2.27 bits per heavy atom. The van der Waals surface area contributed by atoms with E-state index in [2.05, 4.69) is 10.6 Å². The maximum Gasteiger partial charge on any atom is 0.308 e. The summed E-state index contributed by atoms with van der Waals surface area (Å²) < 4.78 is 10.8. The summed E-state index contributed by atoms with van der Waals surface area (Å²) in [7, 11) is 3.10. The number of piperidine rings is 1. The standard InChI is InChI=1S/C39H58N4O7S/c1-23(2)30(21-33(45)31-17-13-14-18-40-31)38(47)43(8)32(24(3)4)22-34(50-27(7)44)37-42-35(26(6)51-37)36(46)41-29(19-25(5)39(48)49-9)20-28-15-11-10-12-16-28/h10-12,15-16,23-25,29-32,34,40H,13-14,17-22H2,1-9H3,(H,41,46)/t25-,29+,30-,31+,32+,34+/m0/s1. The lowest BCUT2D eigenvalue weighted by Gasteiger charge is -2.36. The van der Waals surface area contributed by atoms with Gasteiger partial charge in [-0.05, 0) is 56.6 Å². The number of rotatable bonds is 18. The molecule has 2 N–H and O–H groups in total. The fourth-order valence-electron chi connectivity index (χ4n) is 6.85. The molecule has 3 rings (SSSR count). The van der Waals surface area contributed by atoms with Crippen LogP contribution in [0.15, 0.2) is 30.3 Å². The Hall–Kier alpha value is -3.64. The molecule has 282 valence electrons. The second-order valence-electron chi connectivity index (χ2n) is 14.6. The van der Waals surface area contributed by atoms with Gasteiger partial charge in [-0.3, -0.25) is 24.0 Å². The van der Waals surface area contributed by atoms with Crippen molar-refractivity contribution in [3.8, 4) is 0 Å². The zero-order valence-corrected chi connectivity index (χ0v) is 32.6. The molecule has 0 saturated carbocycles. The molecule has 1 saturated heterocycles. The van der Waals surface area contributed by atoms with Gasteiger partial charge in [0.05, 0.1) is 19.1 Å². The highest BCUT2D eigenvalue weighted by Gasteiger charge is 2.36. The Balaban J connectivity index is 1.83. The van der Waals surface area contributed by atoms with Crippen molar-refractivity contribution in [3.05, 3.63) is 51.5 Å². The minimum atomic E-state index is -0.805. The molecule has 1 aromatic heterocycles. The van der Waals surface area contributed by atoms with E-state index in [4.69, 9.17) is 14.5 Å². The number of carbonyl (C=O) groups excluding carboxylic acids is 5. The fraction of sp³-hybridized carbons (Fsp3) is 0.641. The van der Waals surface area contributed by atoms with Crippen LogP contribution in [0.5, 0.6) is 0 Å². The van der Waals surface area contributed by atoms with Crippen LogP contribution in [0.25, 0.3) is 0 Å². The van der Waals surface area contributed by atoms with Crippen molar-refractivity contribution in [2.45, 2.75) is 118 Å². The van der Waals surface area contributed by atoms with E-state index in [0.717, 1.165) is 31.4 Å². The van der Waals surface area contributed by atoms with Crippen LogP contribution < -0.4 is 10.6 Å². The Labute approximate surface area is 307 Å². The first-order chi connectivity index (χ1) is 24.1. The highest BCUT2D eigenvalue weighted by atomic mass is 32.1. The lowest BCUT2D eigenvalue weighted by molar-refractivity contribution is -0.149. The molecule has 0 radical (unpaired) electrons. The number of nitrogens with zero attached hydrogens (tertiary/aromatic N) is 2. The maximum atomic E-state index is 14.1. The number of thiazole rings is 1. The first kappa shape index (κ1) is 41.8. The van der Waals surface area contributed by atoms with Gasteiger partial charge >= 0.3 is 11.9 Å². The van der Waals surface area contributed by atoms with E-state index in [1.54, 1.807) is 25.8 Å². The van der Waals surface area contributed by atoms with Crippen LogP contribution in [-0.4, -0.2) is 78.2 Å². The molecule has 2 heterocycles. The summed E-state index contributed by atoms with van der Waals surface area (Å²) in [6, 6.07) is 8.79. The van der Waals surface area contributed by atoms with Crippen molar-refractivity contribution < 1.29 is 33.4 Å². The van der Waals surface area contributed by atoms with Crippen molar-refractivity contribution in [2.75, 3.05) is 20.7 Å². The lowest BCUT2D eigenvalue weighted by Crippen LogP contribution is -2.47. The molecule has 1 aliphatic rings. The summed E-state index contributed by atoms with van der Waals surface area (Å²) in [6.45, 7) is 13.7. The summed E-state index contributed by atoms with van der Waals surface area (Å²) >= 11 is 1.28. The molecule has 51 heavy (non-hydrogen) atoms. The minimum absolute atomic E-state index is 0.0140. The normalized spacial score (nSPS) is 17.6. The molecule has 1 aromatic carbocycles. The number of benzene rings is 1. The molecule has 0 unspecified atom stereocenters. The largest absolute Gasteiger partial charge is 0.469 e. The number of methoxy groups -OCH3 is 1. The average Bonchev–Trinajstić information content (AvgIpc) is 3.49. The summed E-state index contributed by atoms with van der Waals surface area (Å²) in [5.41, 5.74) is 1.23. The molecule has 0 aliphatic carbocycles. The van der Waals surface area contributed by atoms with Gasteiger partial charge in [-0.15, -0.1) is 11.3 Å².